The van der Waals surface area contributed by atoms with Gasteiger partial charge in [0.25, 0.3) is 5.91 Å². The highest BCUT2D eigenvalue weighted by Gasteiger charge is 2.23. The summed E-state index contributed by atoms with van der Waals surface area (Å²) in [4.78, 5) is 26.2. The first-order valence-corrected chi connectivity index (χ1v) is 7.18. The topological polar surface area (TPSA) is 75.4 Å². The minimum absolute atomic E-state index is 0.0321. The number of benzene rings is 1. The monoisotopic (exact) mass is 301 g/mol. The van der Waals surface area contributed by atoms with Gasteiger partial charge in [-0.05, 0) is 25.5 Å². The molecule has 0 saturated heterocycles. The Kier molecular flexibility index (Phi) is 5.30. The largest absolute Gasteiger partial charge is 0.363 e. The summed E-state index contributed by atoms with van der Waals surface area (Å²) < 4.78 is 4.66. The van der Waals surface area contributed by atoms with Crippen LogP contribution in [0.5, 0.6) is 0 Å². The summed E-state index contributed by atoms with van der Waals surface area (Å²) in [6.45, 7) is 3.87. The molecule has 0 fully saturated rings. The van der Waals surface area contributed by atoms with E-state index in [9.17, 15) is 9.59 Å². The number of rotatable bonds is 6. The number of carbonyl (C=O) groups excluding carboxylic acids is 2. The number of anilines is 1. The van der Waals surface area contributed by atoms with Crippen molar-refractivity contribution in [3.05, 3.63) is 48.2 Å². The Hall–Kier alpha value is -2.63. The van der Waals surface area contributed by atoms with Crippen molar-refractivity contribution in [2.45, 2.75) is 26.3 Å². The zero-order chi connectivity index (χ0) is 15.9. The molecule has 6 heteroatoms. The van der Waals surface area contributed by atoms with E-state index in [-0.39, 0.29) is 24.4 Å². The fourth-order valence-corrected chi connectivity index (χ4v) is 2.01. The van der Waals surface area contributed by atoms with E-state index in [0.717, 1.165) is 6.42 Å². The standard InChI is InChI=1S/C16H19N3O3/c1-3-12(2)19(16(21)13-7-5-4-6-8-13)11-15(20)17-14-9-10-22-18-14/h4-10,12H,3,11H2,1-2H3,(H,17,18,20)/t12-/m1/s1. The van der Waals surface area contributed by atoms with Gasteiger partial charge < -0.3 is 14.7 Å². The van der Waals surface area contributed by atoms with Crippen LogP contribution < -0.4 is 5.32 Å². The molecule has 1 N–H and O–H groups in total. The Bertz CT molecular complexity index is 611. The van der Waals surface area contributed by atoms with Gasteiger partial charge in [0.05, 0.1) is 0 Å². The number of aromatic nitrogens is 1. The van der Waals surface area contributed by atoms with E-state index in [1.54, 1.807) is 35.2 Å². The van der Waals surface area contributed by atoms with E-state index >= 15 is 0 Å². The summed E-state index contributed by atoms with van der Waals surface area (Å²) in [7, 11) is 0. The molecule has 0 spiro atoms. The Morgan fingerprint density at radius 2 is 2.00 bits per heavy atom. The quantitative estimate of drug-likeness (QED) is 0.889. The maximum Gasteiger partial charge on any atom is 0.254 e. The molecule has 1 atom stereocenters. The second-order valence-electron chi connectivity index (χ2n) is 4.99. The summed E-state index contributed by atoms with van der Waals surface area (Å²) >= 11 is 0. The molecule has 0 unspecified atom stereocenters. The van der Waals surface area contributed by atoms with Gasteiger partial charge in [-0.25, -0.2) is 0 Å². The van der Waals surface area contributed by atoms with Crippen LogP contribution in [0.15, 0.2) is 47.2 Å². The van der Waals surface area contributed by atoms with Crippen LogP contribution in [0.1, 0.15) is 30.6 Å². The average Bonchev–Trinajstić information content (AvgIpc) is 3.05. The summed E-state index contributed by atoms with van der Waals surface area (Å²) in [5.41, 5.74) is 0.567. The first-order chi connectivity index (χ1) is 10.6. The fraction of sp³-hybridized carbons (Fsp3) is 0.312. The molecule has 0 aliphatic rings. The Morgan fingerprint density at radius 3 is 2.59 bits per heavy atom. The van der Waals surface area contributed by atoms with E-state index in [1.165, 1.54) is 6.26 Å². The van der Waals surface area contributed by atoms with Crippen LogP contribution in [0.25, 0.3) is 0 Å². The molecule has 0 aliphatic heterocycles. The van der Waals surface area contributed by atoms with E-state index < -0.39 is 0 Å². The molecular formula is C16H19N3O3. The third kappa shape index (κ3) is 3.94. The van der Waals surface area contributed by atoms with Gasteiger partial charge in [-0.1, -0.05) is 30.3 Å². The zero-order valence-electron chi connectivity index (χ0n) is 12.7. The summed E-state index contributed by atoms with van der Waals surface area (Å²) in [6, 6.07) is 10.4. The Morgan fingerprint density at radius 1 is 1.27 bits per heavy atom. The Balaban J connectivity index is 2.09. The lowest BCUT2D eigenvalue weighted by atomic mass is 10.1. The first kappa shape index (κ1) is 15.8. The number of hydrogen-bond donors (Lipinski definition) is 1. The molecule has 2 rings (SSSR count). The highest BCUT2D eigenvalue weighted by atomic mass is 16.5. The van der Waals surface area contributed by atoms with Crippen molar-refractivity contribution in [3.63, 3.8) is 0 Å². The van der Waals surface area contributed by atoms with Gasteiger partial charge in [-0.2, -0.15) is 0 Å². The van der Waals surface area contributed by atoms with Crippen molar-refractivity contribution in [2.75, 3.05) is 11.9 Å². The number of nitrogens with one attached hydrogen (secondary N) is 1. The van der Waals surface area contributed by atoms with Crippen LogP contribution in [0.2, 0.25) is 0 Å². The number of hydrogen-bond acceptors (Lipinski definition) is 4. The van der Waals surface area contributed by atoms with E-state index in [4.69, 9.17) is 0 Å². The smallest absolute Gasteiger partial charge is 0.254 e. The molecule has 116 valence electrons. The minimum atomic E-state index is -0.307. The molecule has 0 aliphatic carbocycles. The average molecular weight is 301 g/mol. The van der Waals surface area contributed by atoms with Crippen molar-refractivity contribution >= 4 is 17.6 Å². The summed E-state index contributed by atoms with van der Waals surface area (Å²) in [5.74, 6) is -0.134. The molecule has 6 nitrogen and oxygen atoms in total. The van der Waals surface area contributed by atoms with Crippen LogP contribution in [0, 0.1) is 0 Å². The van der Waals surface area contributed by atoms with Gasteiger partial charge in [-0.3, -0.25) is 9.59 Å². The van der Waals surface area contributed by atoms with Gasteiger partial charge in [0.15, 0.2) is 5.82 Å². The molecule has 0 bridgehead atoms. The van der Waals surface area contributed by atoms with Gasteiger partial charge >= 0.3 is 0 Å². The number of carbonyl (C=O) groups is 2. The van der Waals surface area contributed by atoms with Crippen molar-refractivity contribution in [1.29, 1.82) is 0 Å². The lowest BCUT2D eigenvalue weighted by Crippen LogP contribution is -2.43. The maximum atomic E-state index is 12.6. The zero-order valence-corrected chi connectivity index (χ0v) is 12.7. The summed E-state index contributed by atoms with van der Waals surface area (Å²) in [5, 5.41) is 6.22. The van der Waals surface area contributed by atoms with Crippen LogP contribution in [-0.4, -0.2) is 34.5 Å². The molecule has 22 heavy (non-hydrogen) atoms. The third-order valence-electron chi connectivity index (χ3n) is 3.42. The highest BCUT2D eigenvalue weighted by molar-refractivity contribution is 5.99. The van der Waals surface area contributed by atoms with Crippen LogP contribution >= 0.6 is 0 Å². The molecule has 1 aromatic heterocycles. The van der Waals surface area contributed by atoms with Crippen molar-refractivity contribution in [1.82, 2.24) is 10.1 Å². The minimum Gasteiger partial charge on any atom is -0.363 e. The van der Waals surface area contributed by atoms with E-state index in [1.807, 2.05) is 19.9 Å². The van der Waals surface area contributed by atoms with Crippen molar-refractivity contribution < 1.29 is 14.1 Å². The van der Waals surface area contributed by atoms with Crippen LogP contribution in [-0.2, 0) is 4.79 Å². The summed E-state index contributed by atoms with van der Waals surface area (Å²) in [6.07, 6.45) is 2.13. The lowest BCUT2D eigenvalue weighted by molar-refractivity contribution is -0.117. The predicted octanol–water partition coefficient (Wildman–Crippen LogP) is 2.55. The van der Waals surface area contributed by atoms with Crippen LogP contribution in [0.3, 0.4) is 0 Å². The molecule has 0 radical (unpaired) electrons. The van der Waals surface area contributed by atoms with Crippen molar-refractivity contribution in [3.8, 4) is 0 Å². The lowest BCUT2D eigenvalue weighted by Gasteiger charge is -2.28. The van der Waals surface area contributed by atoms with Gasteiger partial charge in [0.2, 0.25) is 5.91 Å². The maximum absolute atomic E-state index is 12.6. The number of amides is 2. The SMILES string of the molecule is CC[C@@H](C)N(CC(=O)Nc1ccon1)C(=O)c1ccccc1. The molecule has 1 heterocycles. The fourth-order valence-electron chi connectivity index (χ4n) is 2.01. The number of nitrogens with zero attached hydrogens (tertiary/aromatic N) is 2. The molecular weight excluding hydrogens is 282 g/mol. The van der Waals surface area contributed by atoms with Gasteiger partial charge in [0, 0.05) is 17.7 Å². The highest BCUT2D eigenvalue weighted by Crippen LogP contribution is 2.11. The molecule has 0 saturated carbocycles. The molecule has 1 aromatic carbocycles. The predicted molar refractivity (Wildman–Crippen MR) is 82.4 cm³/mol. The van der Waals surface area contributed by atoms with Crippen LogP contribution in [0.4, 0.5) is 5.82 Å². The van der Waals surface area contributed by atoms with E-state index in [0.29, 0.717) is 11.4 Å². The van der Waals surface area contributed by atoms with Gasteiger partial charge in [-0.15, -0.1) is 0 Å². The Labute approximate surface area is 129 Å². The van der Waals surface area contributed by atoms with Crippen molar-refractivity contribution in [2.24, 2.45) is 0 Å². The molecule has 2 amide bonds. The normalized spacial score (nSPS) is 11.7. The third-order valence-corrected chi connectivity index (χ3v) is 3.42. The van der Waals surface area contributed by atoms with Gasteiger partial charge in [0.1, 0.15) is 12.8 Å². The second kappa shape index (κ2) is 7.40. The van der Waals surface area contributed by atoms with E-state index in [2.05, 4.69) is 15.0 Å². The second-order valence-corrected chi connectivity index (χ2v) is 4.99. The first-order valence-electron chi connectivity index (χ1n) is 7.18. The molecule has 2 aromatic rings.